The van der Waals surface area contributed by atoms with Crippen molar-refractivity contribution in [3.8, 4) is 11.3 Å². The van der Waals surface area contributed by atoms with Crippen LogP contribution in [0, 0.1) is 0 Å². The zero-order valence-electron chi connectivity index (χ0n) is 9.47. The monoisotopic (exact) mass is 265 g/mol. The minimum Gasteiger partial charge on any atom is -0.466 e. The van der Waals surface area contributed by atoms with Gasteiger partial charge in [-0.05, 0) is 23.8 Å². The smallest absolute Gasteiger partial charge is 0.293 e. The number of nitrogens with one attached hydrogen (secondary N) is 1. The summed E-state index contributed by atoms with van der Waals surface area (Å²) in [7, 11) is 0. The molecule has 6 heteroatoms. The third kappa shape index (κ3) is 2.88. The highest BCUT2D eigenvalue weighted by Crippen LogP contribution is 2.23. The van der Waals surface area contributed by atoms with E-state index in [0.29, 0.717) is 11.6 Å². The first kappa shape index (κ1) is 12.6. The Bertz CT molecular complexity index is 542. The molecule has 5 nitrogen and oxygen atoms in total. The minimum absolute atomic E-state index is 0.151. The van der Waals surface area contributed by atoms with E-state index in [9.17, 15) is 4.79 Å². The first-order valence-electron chi connectivity index (χ1n) is 5.32. The Labute approximate surface area is 109 Å². The van der Waals surface area contributed by atoms with Crippen LogP contribution in [-0.2, 0) is 9.53 Å². The summed E-state index contributed by atoms with van der Waals surface area (Å²) in [4.78, 5) is 17.1. The highest BCUT2D eigenvalue weighted by molar-refractivity contribution is 6.29. The van der Waals surface area contributed by atoms with Gasteiger partial charge in [-0.15, -0.1) is 0 Å². The van der Waals surface area contributed by atoms with Gasteiger partial charge >= 0.3 is 0 Å². The molecule has 1 atom stereocenters. The number of hydrogen-bond acceptors (Lipinski definition) is 4. The predicted octanol–water partition coefficient (Wildman–Crippen LogP) is 1.90. The van der Waals surface area contributed by atoms with Gasteiger partial charge in [-0.25, -0.2) is 4.98 Å². The van der Waals surface area contributed by atoms with Crippen LogP contribution in [0.25, 0.3) is 11.3 Å². The lowest BCUT2D eigenvalue weighted by Gasteiger charge is -2.06. The number of rotatable bonds is 5. The standard InChI is InChI=1S/C12H12ClN3O2/c13-12-4-8(1-2-15-12)11-3-9(5-16-11)10(14)6-18-7-17/h1-5,7,10,16H,6,14H2. The third-order valence-corrected chi connectivity index (χ3v) is 2.72. The molecule has 2 rings (SSSR count). The molecule has 0 amide bonds. The molecular weight excluding hydrogens is 254 g/mol. The third-order valence-electron chi connectivity index (χ3n) is 2.51. The average Bonchev–Trinajstić information content (AvgIpc) is 2.85. The number of carbonyl (C=O) groups is 1. The van der Waals surface area contributed by atoms with Crippen LogP contribution in [0.1, 0.15) is 11.6 Å². The van der Waals surface area contributed by atoms with Crippen LogP contribution < -0.4 is 5.73 Å². The molecule has 1 unspecified atom stereocenters. The van der Waals surface area contributed by atoms with Crippen molar-refractivity contribution in [2.45, 2.75) is 6.04 Å². The van der Waals surface area contributed by atoms with Crippen molar-refractivity contribution in [3.05, 3.63) is 41.3 Å². The van der Waals surface area contributed by atoms with E-state index in [2.05, 4.69) is 14.7 Å². The second kappa shape index (κ2) is 5.66. The maximum Gasteiger partial charge on any atom is 0.293 e. The molecule has 0 saturated carbocycles. The number of carbonyl (C=O) groups excluding carboxylic acids is 1. The second-order valence-electron chi connectivity index (χ2n) is 3.75. The van der Waals surface area contributed by atoms with Gasteiger partial charge in [0.25, 0.3) is 6.47 Å². The van der Waals surface area contributed by atoms with Gasteiger partial charge in [0, 0.05) is 23.7 Å². The lowest BCUT2D eigenvalue weighted by molar-refractivity contribution is -0.129. The Morgan fingerprint density at radius 3 is 3.11 bits per heavy atom. The van der Waals surface area contributed by atoms with Gasteiger partial charge in [0.1, 0.15) is 11.8 Å². The molecule has 0 saturated heterocycles. The maximum atomic E-state index is 10.1. The molecule has 0 aromatic carbocycles. The van der Waals surface area contributed by atoms with Gasteiger partial charge in [0.2, 0.25) is 0 Å². The number of hydrogen-bond donors (Lipinski definition) is 2. The fraction of sp³-hybridized carbons (Fsp3) is 0.167. The van der Waals surface area contributed by atoms with Crippen molar-refractivity contribution in [1.82, 2.24) is 9.97 Å². The molecule has 0 spiro atoms. The molecule has 0 aliphatic carbocycles. The molecule has 0 fully saturated rings. The van der Waals surface area contributed by atoms with E-state index in [4.69, 9.17) is 17.3 Å². The van der Waals surface area contributed by atoms with Gasteiger partial charge in [-0.3, -0.25) is 4.79 Å². The number of halogens is 1. The van der Waals surface area contributed by atoms with E-state index >= 15 is 0 Å². The van der Waals surface area contributed by atoms with Gasteiger partial charge in [-0.1, -0.05) is 11.6 Å². The van der Waals surface area contributed by atoms with Crippen molar-refractivity contribution in [1.29, 1.82) is 0 Å². The number of aromatic nitrogens is 2. The van der Waals surface area contributed by atoms with Gasteiger partial charge in [0.05, 0.1) is 6.04 Å². The molecule has 0 bridgehead atoms. The van der Waals surface area contributed by atoms with Crippen molar-refractivity contribution in [2.75, 3.05) is 6.61 Å². The first-order chi connectivity index (χ1) is 8.70. The summed E-state index contributed by atoms with van der Waals surface area (Å²) in [5, 5.41) is 0.428. The zero-order valence-corrected chi connectivity index (χ0v) is 10.2. The number of H-pyrrole nitrogens is 1. The van der Waals surface area contributed by atoms with Crippen LogP contribution in [-0.4, -0.2) is 23.0 Å². The van der Waals surface area contributed by atoms with Crippen molar-refractivity contribution in [2.24, 2.45) is 5.73 Å². The summed E-state index contributed by atoms with van der Waals surface area (Å²) in [6.07, 6.45) is 3.41. The lowest BCUT2D eigenvalue weighted by Crippen LogP contribution is -2.15. The van der Waals surface area contributed by atoms with E-state index < -0.39 is 0 Å². The molecule has 0 radical (unpaired) electrons. The molecule has 0 aliphatic rings. The quantitative estimate of drug-likeness (QED) is 0.639. The summed E-state index contributed by atoms with van der Waals surface area (Å²) < 4.78 is 4.63. The second-order valence-corrected chi connectivity index (χ2v) is 4.14. The van der Waals surface area contributed by atoms with Crippen LogP contribution in [0.3, 0.4) is 0 Å². The number of aromatic amines is 1. The van der Waals surface area contributed by atoms with E-state index in [0.717, 1.165) is 16.8 Å². The normalized spacial score (nSPS) is 12.1. The van der Waals surface area contributed by atoms with Crippen LogP contribution in [0.4, 0.5) is 0 Å². The molecule has 3 N–H and O–H groups in total. The predicted molar refractivity (Wildman–Crippen MR) is 68.0 cm³/mol. The van der Waals surface area contributed by atoms with Crippen molar-refractivity contribution >= 4 is 18.1 Å². The molecule has 2 aromatic heterocycles. The highest BCUT2D eigenvalue weighted by Gasteiger charge is 2.10. The van der Waals surface area contributed by atoms with Gasteiger partial charge in [-0.2, -0.15) is 0 Å². The summed E-state index contributed by atoms with van der Waals surface area (Å²) >= 11 is 5.82. The van der Waals surface area contributed by atoms with E-state index in [1.54, 1.807) is 18.5 Å². The van der Waals surface area contributed by atoms with E-state index in [1.165, 1.54) is 0 Å². The largest absolute Gasteiger partial charge is 0.466 e. The summed E-state index contributed by atoms with van der Waals surface area (Å²) in [5.74, 6) is 0. The lowest BCUT2D eigenvalue weighted by atomic mass is 10.1. The number of ether oxygens (including phenoxy) is 1. The highest BCUT2D eigenvalue weighted by atomic mass is 35.5. The SMILES string of the molecule is NC(COC=O)c1c[nH]c(-c2ccnc(Cl)c2)c1. The Kier molecular flexibility index (Phi) is 3.96. The fourth-order valence-electron chi connectivity index (χ4n) is 1.60. The Morgan fingerprint density at radius 2 is 2.39 bits per heavy atom. The summed E-state index contributed by atoms with van der Waals surface area (Å²) in [6, 6.07) is 5.14. The van der Waals surface area contributed by atoms with E-state index in [1.807, 2.05) is 12.1 Å². The number of nitrogens with two attached hydrogens (primary N) is 1. The Morgan fingerprint density at radius 1 is 1.56 bits per heavy atom. The molecule has 2 heterocycles. The Hall–Kier alpha value is -1.85. The van der Waals surface area contributed by atoms with Crippen molar-refractivity contribution in [3.63, 3.8) is 0 Å². The average molecular weight is 266 g/mol. The maximum absolute atomic E-state index is 10.1. The van der Waals surface area contributed by atoms with Crippen LogP contribution in [0.2, 0.25) is 5.15 Å². The van der Waals surface area contributed by atoms with Crippen LogP contribution in [0.15, 0.2) is 30.6 Å². The fourth-order valence-corrected chi connectivity index (χ4v) is 1.77. The molecule has 0 aliphatic heterocycles. The first-order valence-corrected chi connectivity index (χ1v) is 5.69. The van der Waals surface area contributed by atoms with Crippen LogP contribution in [0.5, 0.6) is 0 Å². The molecule has 18 heavy (non-hydrogen) atoms. The zero-order chi connectivity index (χ0) is 13.0. The van der Waals surface area contributed by atoms with Crippen molar-refractivity contribution < 1.29 is 9.53 Å². The topological polar surface area (TPSA) is 81.0 Å². The van der Waals surface area contributed by atoms with E-state index in [-0.39, 0.29) is 12.6 Å². The summed E-state index contributed by atoms with van der Waals surface area (Å²) in [5.41, 5.74) is 8.53. The minimum atomic E-state index is -0.350. The Balaban J connectivity index is 2.17. The number of nitrogens with zero attached hydrogens (tertiary/aromatic N) is 1. The molecular formula is C12H12ClN3O2. The van der Waals surface area contributed by atoms with Crippen LogP contribution >= 0.6 is 11.6 Å². The van der Waals surface area contributed by atoms with Gasteiger partial charge < -0.3 is 15.5 Å². The van der Waals surface area contributed by atoms with Gasteiger partial charge in [0.15, 0.2) is 0 Å². The molecule has 94 valence electrons. The number of pyridine rings is 1. The summed E-state index contributed by atoms with van der Waals surface area (Å²) in [6.45, 7) is 0.536. The molecule has 2 aromatic rings.